The van der Waals surface area contributed by atoms with Gasteiger partial charge < -0.3 is 28.4 Å². The third-order valence-corrected chi connectivity index (χ3v) is 9.83. The minimum Gasteiger partial charge on any atom is -0.497 e. The lowest BCUT2D eigenvalue weighted by atomic mass is 9.86. The molecular formula is C38H42N2O6. The van der Waals surface area contributed by atoms with Crippen LogP contribution in [0.25, 0.3) is 0 Å². The maximum Gasteiger partial charge on any atom is 0.204 e. The van der Waals surface area contributed by atoms with Crippen LogP contribution in [-0.2, 0) is 25.7 Å². The molecule has 0 radical (unpaired) electrons. The minimum absolute atomic E-state index is 0.00857. The van der Waals surface area contributed by atoms with Gasteiger partial charge >= 0.3 is 0 Å². The summed E-state index contributed by atoms with van der Waals surface area (Å²) in [5.74, 6) is 5.65. The van der Waals surface area contributed by atoms with Crippen LogP contribution in [0.4, 0.5) is 0 Å². The Bertz CT molecular complexity index is 1750. The highest BCUT2D eigenvalue weighted by Gasteiger charge is 2.35. The van der Waals surface area contributed by atoms with E-state index < -0.39 is 0 Å². The first-order valence-corrected chi connectivity index (χ1v) is 15.9. The van der Waals surface area contributed by atoms with Crippen molar-refractivity contribution < 1.29 is 28.4 Å². The average molecular weight is 623 g/mol. The first-order chi connectivity index (χ1) is 22.4. The Labute approximate surface area is 271 Å². The highest BCUT2D eigenvalue weighted by molar-refractivity contribution is 5.64. The van der Waals surface area contributed by atoms with E-state index in [1.54, 1.807) is 28.4 Å². The molecule has 240 valence electrons. The first kappa shape index (κ1) is 30.3. The summed E-state index contributed by atoms with van der Waals surface area (Å²) < 4.78 is 37.2. The lowest BCUT2D eigenvalue weighted by Crippen LogP contribution is -2.34. The van der Waals surface area contributed by atoms with Gasteiger partial charge in [-0.15, -0.1) is 0 Å². The van der Waals surface area contributed by atoms with E-state index in [0.717, 1.165) is 67.1 Å². The predicted octanol–water partition coefficient (Wildman–Crippen LogP) is 7.16. The molecule has 2 atom stereocenters. The van der Waals surface area contributed by atoms with Gasteiger partial charge in [0, 0.05) is 42.4 Å². The fourth-order valence-electron chi connectivity index (χ4n) is 7.31. The second-order valence-electron chi connectivity index (χ2n) is 12.4. The van der Waals surface area contributed by atoms with Crippen LogP contribution in [0.2, 0.25) is 0 Å². The van der Waals surface area contributed by atoms with E-state index in [0.29, 0.717) is 28.7 Å². The summed E-state index contributed by atoms with van der Waals surface area (Å²) in [4.78, 5) is 4.82. The van der Waals surface area contributed by atoms with Crippen LogP contribution in [0.5, 0.6) is 46.0 Å². The largest absolute Gasteiger partial charge is 0.497 e. The van der Waals surface area contributed by atoms with Crippen molar-refractivity contribution in [2.75, 3.05) is 55.6 Å². The normalized spacial score (nSPS) is 19.2. The van der Waals surface area contributed by atoms with E-state index in [1.165, 1.54) is 22.3 Å². The Balaban J connectivity index is 1.49. The van der Waals surface area contributed by atoms with Gasteiger partial charge in [-0.25, -0.2) is 0 Å². The molecule has 8 rings (SSSR count). The van der Waals surface area contributed by atoms with Gasteiger partial charge in [-0.2, -0.15) is 0 Å². The number of likely N-dealkylation sites (N-methyl/N-ethyl adjacent to an activating group) is 2. The molecule has 0 saturated carbocycles. The van der Waals surface area contributed by atoms with E-state index in [4.69, 9.17) is 28.4 Å². The summed E-state index contributed by atoms with van der Waals surface area (Å²) >= 11 is 0. The fourth-order valence-corrected chi connectivity index (χ4v) is 7.31. The summed E-state index contributed by atoms with van der Waals surface area (Å²) in [6.07, 6.45) is 3.31. The lowest BCUT2D eigenvalue weighted by Gasteiger charge is -2.38. The molecule has 0 unspecified atom stereocenters. The van der Waals surface area contributed by atoms with Crippen molar-refractivity contribution >= 4 is 0 Å². The van der Waals surface area contributed by atoms with Crippen LogP contribution in [-0.4, -0.2) is 65.4 Å². The monoisotopic (exact) mass is 622 g/mol. The number of methoxy groups -OCH3 is 4. The zero-order chi connectivity index (χ0) is 31.9. The number of ether oxygens (including phenoxy) is 6. The quantitative estimate of drug-likeness (QED) is 0.238. The second-order valence-corrected chi connectivity index (χ2v) is 12.4. The zero-order valence-corrected chi connectivity index (χ0v) is 27.5. The summed E-state index contributed by atoms with van der Waals surface area (Å²) in [7, 11) is 11.1. The van der Waals surface area contributed by atoms with Crippen LogP contribution in [0.15, 0.2) is 60.7 Å². The molecule has 4 heterocycles. The summed E-state index contributed by atoms with van der Waals surface area (Å²) in [6, 6.07) is 21.0. The maximum atomic E-state index is 7.20. The second kappa shape index (κ2) is 12.4. The summed E-state index contributed by atoms with van der Waals surface area (Å²) in [6.45, 7) is 1.84. The van der Waals surface area contributed by atoms with E-state index >= 15 is 0 Å². The van der Waals surface area contributed by atoms with E-state index in [2.05, 4.69) is 60.3 Å². The number of rotatable bonds is 4. The van der Waals surface area contributed by atoms with Crippen LogP contribution in [0.3, 0.4) is 0 Å². The van der Waals surface area contributed by atoms with Gasteiger partial charge in [0.2, 0.25) is 5.75 Å². The Hall–Kier alpha value is -4.40. The standard InChI is InChI=1S/C38H42N2O6/c1-39-15-13-25-20-28(41-3)22-33-35(25)29(39)17-23-7-10-27(11-8-23)45-32-19-24(9-12-31(32)42-4)18-30-36-26(14-16-40(30)2)21-34(43-5)37(44-6)38(36)46-33/h7-12,19-22,29-30H,13-18H2,1-6H3/t29-,30-/m0/s1. The van der Waals surface area contributed by atoms with Gasteiger partial charge in [-0.3, -0.25) is 9.80 Å². The third kappa shape index (κ3) is 5.39. The molecule has 8 nitrogen and oxygen atoms in total. The molecule has 4 aromatic rings. The van der Waals surface area contributed by atoms with Crippen LogP contribution in [0, 0.1) is 0 Å². The molecule has 0 spiro atoms. The molecule has 4 bridgehead atoms. The van der Waals surface area contributed by atoms with E-state index in [9.17, 15) is 0 Å². The van der Waals surface area contributed by atoms with Crippen molar-refractivity contribution in [3.63, 3.8) is 0 Å². The van der Waals surface area contributed by atoms with E-state index in [1.807, 2.05) is 24.3 Å². The Morgan fingerprint density at radius 2 is 1.26 bits per heavy atom. The highest BCUT2D eigenvalue weighted by Crippen LogP contribution is 2.52. The summed E-state index contributed by atoms with van der Waals surface area (Å²) in [5.41, 5.74) is 7.06. The molecule has 0 aromatic heterocycles. The maximum absolute atomic E-state index is 7.20. The van der Waals surface area contributed by atoms with Crippen molar-refractivity contribution in [1.29, 1.82) is 0 Å². The van der Waals surface area contributed by atoms with Crippen LogP contribution in [0.1, 0.15) is 45.5 Å². The molecule has 4 aliphatic rings. The van der Waals surface area contributed by atoms with Gasteiger partial charge in [0.25, 0.3) is 0 Å². The van der Waals surface area contributed by atoms with Gasteiger partial charge in [0.15, 0.2) is 23.0 Å². The molecule has 4 aliphatic heterocycles. The number of benzene rings is 4. The predicted molar refractivity (Wildman–Crippen MR) is 178 cm³/mol. The average Bonchev–Trinajstić information content (AvgIpc) is 3.07. The van der Waals surface area contributed by atoms with Crippen molar-refractivity contribution in [2.45, 2.75) is 37.8 Å². The summed E-state index contributed by atoms with van der Waals surface area (Å²) in [5, 5.41) is 0. The highest BCUT2D eigenvalue weighted by atomic mass is 16.5. The number of fused-ring (bicyclic) bond motifs is 2. The third-order valence-electron chi connectivity index (χ3n) is 9.83. The molecular weight excluding hydrogens is 580 g/mol. The minimum atomic E-state index is 0.00857. The number of hydrogen-bond acceptors (Lipinski definition) is 8. The molecule has 0 amide bonds. The molecule has 0 fully saturated rings. The van der Waals surface area contributed by atoms with Crippen molar-refractivity contribution in [3.05, 3.63) is 94.0 Å². The Kier molecular flexibility index (Phi) is 8.17. The van der Waals surface area contributed by atoms with Gasteiger partial charge in [-0.1, -0.05) is 18.2 Å². The Morgan fingerprint density at radius 3 is 1.93 bits per heavy atom. The molecule has 4 aromatic carbocycles. The van der Waals surface area contributed by atoms with Gasteiger partial charge in [-0.05, 0) is 98.4 Å². The van der Waals surface area contributed by atoms with E-state index in [-0.39, 0.29) is 12.1 Å². The SMILES string of the molecule is COc1cc2c3c(c1)Oc1c(OC)c(OC)cc4c1[C@H](Cc1ccc(OC)c(c1)Oc1ccc(cc1)C[C@@H]3N(C)CC2)N(C)CC4. The smallest absolute Gasteiger partial charge is 0.204 e. The number of nitrogens with zero attached hydrogens (tertiary/aromatic N) is 2. The van der Waals surface area contributed by atoms with Crippen molar-refractivity contribution in [1.82, 2.24) is 9.80 Å². The van der Waals surface area contributed by atoms with Crippen molar-refractivity contribution in [3.8, 4) is 46.0 Å². The molecule has 8 heteroatoms. The van der Waals surface area contributed by atoms with Gasteiger partial charge in [0.05, 0.1) is 28.4 Å². The first-order valence-electron chi connectivity index (χ1n) is 15.9. The van der Waals surface area contributed by atoms with Crippen LogP contribution < -0.4 is 28.4 Å². The molecule has 0 saturated heterocycles. The molecule has 0 aliphatic carbocycles. The lowest BCUT2D eigenvalue weighted by molar-refractivity contribution is 0.216. The topological polar surface area (TPSA) is 61.9 Å². The zero-order valence-electron chi connectivity index (χ0n) is 27.5. The van der Waals surface area contributed by atoms with Crippen molar-refractivity contribution in [2.24, 2.45) is 0 Å². The van der Waals surface area contributed by atoms with Crippen LogP contribution >= 0.6 is 0 Å². The fraction of sp³-hybridized carbons (Fsp3) is 0.368. The molecule has 0 N–H and O–H groups in total. The Morgan fingerprint density at radius 1 is 0.609 bits per heavy atom. The number of hydrogen-bond donors (Lipinski definition) is 0. The molecule has 46 heavy (non-hydrogen) atoms. The van der Waals surface area contributed by atoms with Gasteiger partial charge in [0.1, 0.15) is 17.2 Å².